The van der Waals surface area contributed by atoms with Gasteiger partial charge in [-0.05, 0) is 42.7 Å². The molecule has 0 unspecified atom stereocenters. The van der Waals surface area contributed by atoms with Crippen molar-refractivity contribution < 1.29 is 18.7 Å². The normalized spacial score (nSPS) is 14.1. The third kappa shape index (κ3) is 4.35. The first-order chi connectivity index (χ1) is 14.7. The molecule has 1 aliphatic rings. The number of benzene rings is 1. The largest absolute Gasteiger partial charge is 0.497 e. The predicted molar refractivity (Wildman–Crippen MR) is 112 cm³/mol. The van der Waals surface area contributed by atoms with E-state index in [0.717, 1.165) is 48.6 Å². The van der Waals surface area contributed by atoms with E-state index < -0.39 is 0 Å². The number of ether oxygens (including phenoxy) is 2. The molecule has 0 aliphatic carbocycles. The molecule has 1 N–H and O–H groups in total. The van der Waals surface area contributed by atoms with Crippen LogP contribution in [0.1, 0.15) is 48.0 Å². The summed E-state index contributed by atoms with van der Waals surface area (Å²) in [6.45, 7) is 1.29. The van der Waals surface area contributed by atoms with E-state index in [1.807, 2.05) is 36.5 Å². The molecule has 3 aromatic rings. The van der Waals surface area contributed by atoms with Crippen LogP contribution in [-0.4, -0.2) is 29.7 Å². The lowest BCUT2D eigenvalue weighted by atomic mass is 9.91. The van der Waals surface area contributed by atoms with E-state index in [1.54, 1.807) is 20.5 Å². The molecule has 1 atom stereocenters. The summed E-state index contributed by atoms with van der Waals surface area (Å²) in [4.78, 5) is 17.5. The van der Waals surface area contributed by atoms with Crippen molar-refractivity contribution in [2.75, 3.05) is 14.2 Å². The van der Waals surface area contributed by atoms with Crippen molar-refractivity contribution in [1.29, 1.82) is 0 Å². The van der Waals surface area contributed by atoms with Crippen LogP contribution in [0.25, 0.3) is 0 Å². The number of aromatic nitrogens is 2. The second-order valence-corrected chi connectivity index (χ2v) is 7.47. The summed E-state index contributed by atoms with van der Waals surface area (Å²) < 4.78 is 18.5. The minimum Gasteiger partial charge on any atom is -0.497 e. The SMILES string of the molecule is COc1cc(OC)cc([C@@H](CC(=O)NCc2ccco2)c2cnc3n2CCCC3)c1. The number of nitrogens with zero attached hydrogens (tertiary/aromatic N) is 2. The number of furan rings is 1. The number of rotatable bonds is 8. The third-order valence-electron chi connectivity index (χ3n) is 5.56. The zero-order chi connectivity index (χ0) is 20.9. The Morgan fingerprint density at radius 3 is 2.73 bits per heavy atom. The van der Waals surface area contributed by atoms with Crippen molar-refractivity contribution in [3.05, 3.63) is 65.6 Å². The van der Waals surface area contributed by atoms with Crippen LogP contribution >= 0.6 is 0 Å². The van der Waals surface area contributed by atoms with Crippen molar-refractivity contribution in [3.63, 3.8) is 0 Å². The molecule has 1 amide bonds. The number of carbonyl (C=O) groups is 1. The Labute approximate surface area is 176 Å². The maximum Gasteiger partial charge on any atom is 0.221 e. The highest BCUT2D eigenvalue weighted by atomic mass is 16.5. The average molecular weight is 409 g/mol. The zero-order valence-corrected chi connectivity index (χ0v) is 17.4. The molecule has 3 heterocycles. The Balaban J connectivity index is 1.65. The van der Waals surface area contributed by atoms with Crippen LogP contribution in [0.2, 0.25) is 0 Å². The van der Waals surface area contributed by atoms with Crippen LogP contribution in [-0.2, 0) is 24.3 Å². The smallest absolute Gasteiger partial charge is 0.221 e. The molecule has 0 fully saturated rings. The molecule has 1 aliphatic heterocycles. The Morgan fingerprint density at radius 2 is 2.03 bits per heavy atom. The van der Waals surface area contributed by atoms with Crippen LogP contribution in [0, 0.1) is 0 Å². The predicted octanol–water partition coefficient (Wildman–Crippen LogP) is 3.67. The Morgan fingerprint density at radius 1 is 1.23 bits per heavy atom. The van der Waals surface area contributed by atoms with Gasteiger partial charge >= 0.3 is 0 Å². The number of fused-ring (bicyclic) bond motifs is 1. The topological polar surface area (TPSA) is 78.5 Å². The maximum atomic E-state index is 12.8. The van der Waals surface area contributed by atoms with Crippen molar-refractivity contribution in [1.82, 2.24) is 14.9 Å². The molecule has 0 saturated carbocycles. The zero-order valence-electron chi connectivity index (χ0n) is 17.4. The molecule has 4 rings (SSSR count). The highest BCUT2D eigenvalue weighted by Crippen LogP contribution is 2.35. The quantitative estimate of drug-likeness (QED) is 0.614. The highest BCUT2D eigenvalue weighted by molar-refractivity contribution is 5.77. The van der Waals surface area contributed by atoms with Crippen LogP contribution < -0.4 is 14.8 Å². The van der Waals surface area contributed by atoms with E-state index >= 15 is 0 Å². The minimum atomic E-state index is -0.162. The van der Waals surface area contributed by atoms with Gasteiger partial charge in [-0.15, -0.1) is 0 Å². The average Bonchev–Trinajstić information content (AvgIpc) is 3.45. The molecule has 1 aromatic carbocycles. The summed E-state index contributed by atoms with van der Waals surface area (Å²) in [5, 5.41) is 2.96. The Kier molecular flexibility index (Phi) is 6.07. The second-order valence-electron chi connectivity index (χ2n) is 7.47. The summed E-state index contributed by atoms with van der Waals surface area (Å²) in [5.74, 6) is 3.00. The fourth-order valence-electron chi connectivity index (χ4n) is 4.00. The monoisotopic (exact) mass is 409 g/mol. The standard InChI is InChI=1S/C23H27N3O4/c1-28-18-10-16(11-19(12-18)29-2)20(13-23(27)25-14-17-6-5-9-30-17)21-15-24-22-7-3-4-8-26(21)22/h5-6,9-12,15,20H,3-4,7-8,13-14H2,1-2H3,(H,25,27)/t20-/m1/s1. The summed E-state index contributed by atoms with van der Waals surface area (Å²) in [5.41, 5.74) is 2.01. The van der Waals surface area contributed by atoms with Gasteiger partial charge in [-0.25, -0.2) is 4.98 Å². The number of nitrogens with one attached hydrogen (secondary N) is 1. The summed E-state index contributed by atoms with van der Waals surface area (Å²) in [7, 11) is 3.26. The van der Waals surface area contributed by atoms with Gasteiger partial charge in [0.1, 0.15) is 23.1 Å². The van der Waals surface area contributed by atoms with E-state index in [1.165, 1.54) is 0 Å². The lowest BCUT2D eigenvalue weighted by molar-refractivity contribution is -0.121. The lowest BCUT2D eigenvalue weighted by Crippen LogP contribution is -2.26. The van der Waals surface area contributed by atoms with Gasteiger partial charge in [-0.2, -0.15) is 0 Å². The van der Waals surface area contributed by atoms with E-state index in [4.69, 9.17) is 13.9 Å². The molecule has 2 aromatic heterocycles. The number of imidazole rings is 1. The van der Waals surface area contributed by atoms with Crippen LogP contribution in [0.15, 0.2) is 47.2 Å². The van der Waals surface area contributed by atoms with E-state index in [9.17, 15) is 4.79 Å². The summed E-state index contributed by atoms with van der Waals surface area (Å²) in [6, 6.07) is 9.43. The van der Waals surface area contributed by atoms with Gasteiger partial charge in [-0.3, -0.25) is 4.79 Å². The van der Waals surface area contributed by atoms with Gasteiger partial charge in [0.15, 0.2) is 0 Å². The molecule has 0 saturated heterocycles. The first kappa shape index (κ1) is 20.1. The number of hydrogen-bond donors (Lipinski definition) is 1. The van der Waals surface area contributed by atoms with Gasteiger partial charge in [0.25, 0.3) is 0 Å². The van der Waals surface area contributed by atoms with E-state index in [0.29, 0.717) is 24.5 Å². The van der Waals surface area contributed by atoms with Gasteiger partial charge in [-0.1, -0.05) is 0 Å². The minimum absolute atomic E-state index is 0.0513. The highest BCUT2D eigenvalue weighted by Gasteiger charge is 2.26. The molecular formula is C23H27N3O4. The fourth-order valence-corrected chi connectivity index (χ4v) is 4.00. The number of hydrogen-bond acceptors (Lipinski definition) is 5. The molecular weight excluding hydrogens is 382 g/mol. The molecule has 0 radical (unpaired) electrons. The number of amides is 1. The van der Waals surface area contributed by atoms with Crippen LogP contribution in [0.4, 0.5) is 0 Å². The van der Waals surface area contributed by atoms with Gasteiger partial charge in [0, 0.05) is 43.3 Å². The summed E-state index contributed by atoms with van der Waals surface area (Å²) >= 11 is 0. The van der Waals surface area contributed by atoms with Crippen LogP contribution in [0.5, 0.6) is 11.5 Å². The number of methoxy groups -OCH3 is 2. The first-order valence-corrected chi connectivity index (χ1v) is 10.2. The van der Waals surface area contributed by atoms with Gasteiger partial charge in [0.2, 0.25) is 5.91 Å². The Hall–Kier alpha value is -3.22. The Bertz CT molecular complexity index is 972. The first-order valence-electron chi connectivity index (χ1n) is 10.2. The molecule has 7 nitrogen and oxygen atoms in total. The molecule has 0 bridgehead atoms. The van der Waals surface area contributed by atoms with Gasteiger partial charge in [0.05, 0.1) is 27.0 Å². The fraction of sp³-hybridized carbons (Fsp3) is 0.391. The molecule has 7 heteroatoms. The molecule has 30 heavy (non-hydrogen) atoms. The van der Waals surface area contributed by atoms with E-state index in [2.05, 4.69) is 14.9 Å². The second kappa shape index (κ2) is 9.07. The molecule has 0 spiro atoms. The van der Waals surface area contributed by atoms with Crippen molar-refractivity contribution >= 4 is 5.91 Å². The van der Waals surface area contributed by atoms with Crippen LogP contribution in [0.3, 0.4) is 0 Å². The number of carbonyl (C=O) groups excluding carboxylic acids is 1. The van der Waals surface area contributed by atoms with Crippen molar-refractivity contribution in [3.8, 4) is 11.5 Å². The van der Waals surface area contributed by atoms with Gasteiger partial charge < -0.3 is 23.8 Å². The van der Waals surface area contributed by atoms with Crippen molar-refractivity contribution in [2.45, 2.75) is 44.7 Å². The summed E-state index contributed by atoms with van der Waals surface area (Å²) in [6.07, 6.45) is 7.05. The van der Waals surface area contributed by atoms with E-state index in [-0.39, 0.29) is 11.8 Å². The van der Waals surface area contributed by atoms with Crippen molar-refractivity contribution in [2.24, 2.45) is 0 Å². The number of aryl methyl sites for hydroxylation is 1. The third-order valence-corrected chi connectivity index (χ3v) is 5.56. The lowest BCUT2D eigenvalue weighted by Gasteiger charge is -2.23. The maximum absolute atomic E-state index is 12.8. The molecule has 158 valence electrons.